The predicted molar refractivity (Wildman–Crippen MR) is 161 cm³/mol. The second-order valence-corrected chi connectivity index (χ2v) is 10.3. The monoisotopic (exact) mass is 477 g/mol. The molecule has 5 aromatic carbocycles. The predicted octanol–water partition coefficient (Wildman–Crippen LogP) is 10.1. The summed E-state index contributed by atoms with van der Waals surface area (Å²) < 4.78 is 0. The molecule has 0 saturated heterocycles. The maximum Gasteiger partial charge on any atom is 0.0542 e. The molecule has 0 fully saturated rings. The lowest BCUT2D eigenvalue weighted by Gasteiger charge is -2.29. The first-order valence-electron chi connectivity index (χ1n) is 12.9. The molecule has 37 heavy (non-hydrogen) atoms. The molecule has 0 saturated carbocycles. The molecule has 180 valence electrons. The number of allylic oxidation sites excluding steroid dienone is 4. The van der Waals surface area contributed by atoms with E-state index >= 15 is 0 Å². The summed E-state index contributed by atoms with van der Waals surface area (Å²) in [4.78, 5) is 2.29. The van der Waals surface area contributed by atoms with Crippen molar-refractivity contribution in [3.05, 3.63) is 145 Å². The Labute approximate surface area is 219 Å². The first-order chi connectivity index (χ1) is 18.0. The van der Waals surface area contributed by atoms with Gasteiger partial charge in [-0.15, -0.1) is 0 Å². The van der Waals surface area contributed by atoms with Gasteiger partial charge in [0, 0.05) is 22.4 Å². The minimum Gasteiger partial charge on any atom is -0.310 e. The van der Waals surface area contributed by atoms with E-state index in [-0.39, 0.29) is 5.41 Å². The van der Waals surface area contributed by atoms with Crippen molar-refractivity contribution in [3.63, 3.8) is 0 Å². The number of rotatable bonds is 5. The van der Waals surface area contributed by atoms with Crippen molar-refractivity contribution >= 4 is 32.9 Å². The van der Waals surface area contributed by atoms with Crippen LogP contribution in [0.4, 0.5) is 11.4 Å². The Hall–Kier alpha value is -4.36. The van der Waals surface area contributed by atoms with Crippen LogP contribution >= 0.6 is 0 Å². The lowest BCUT2D eigenvalue weighted by molar-refractivity contribution is 0.661. The van der Waals surface area contributed by atoms with E-state index < -0.39 is 0 Å². The van der Waals surface area contributed by atoms with Crippen molar-refractivity contribution in [3.8, 4) is 11.1 Å². The van der Waals surface area contributed by atoms with Gasteiger partial charge in [-0.05, 0) is 81.6 Å². The van der Waals surface area contributed by atoms with Crippen molar-refractivity contribution in [2.24, 2.45) is 0 Å². The maximum atomic E-state index is 4.49. The average molecular weight is 478 g/mol. The van der Waals surface area contributed by atoms with Crippen LogP contribution in [0.15, 0.2) is 134 Å². The Balaban J connectivity index is 1.63. The van der Waals surface area contributed by atoms with Crippen molar-refractivity contribution in [2.45, 2.75) is 26.2 Å². The molecule has 1 aliphatic rings. The van der Waals surface area contributed by atoms with Crippen molar-refractivity contribution in [1.29, 1.82) is 0 Å². The second kappa shape index (κ2) is 8.94. The highest BCUT2D eigenvalue weighted by Gasteiger charge is 2.38. The van der Waals surface area contributed by atoms with Crippen LogP contribution in [0.25, 0.3) is 32.7 Å². The standard InChI is InChI=1S/C36H31N/c1-5-6-8-14-25(2)37(28-16-9-7-10-17-28)34-20-13-19-32-35(34)31-23-27-22-21-26-15-11-12-18-29(26)30(27)24-33(31)36(32,3)4/h5-24H,2H2,1,3-4H3/b6-5-,14-8-. The topological polar surface area (TPSA) is 3.24 Å². The number of hydrogen-bond donors (Lipinski definition) is 0. The zero-order valence-corrected chi connectivity index (χ0v) is 21.7. The summed E-state index contributed by atoms with van der Waals surface area (Å²) in [5.41, 5.74) is 8.40. The fourth-order valence-electron chi connectivity index (χ4n) is 5.84. The Morgan fingerprint density at radius 2 is 1.49 bits per heavy atom. The van der Waals surface area contributed by atoms with Crippen molar-refractivity contribution < 1.29 is 0 Å². The molecule has 6 rings (SSSR count). The number of benzene rings is 5. The van der Waals surface area contributed by atoms with E-state index in [1.807, 2.05) is 19.1 Å². The fraction of sp³-hybridized carbons (Fsp3) is 0.111. The summed E-state index contributed by atoms with van der Waals surface area (Å²) in [7, 11) is 0. The van der Waals surface area contributed by atoms with Crippen LogP contribution in [-0.4, -0.2) is 0 Å². The molecule has 0 bridgehead atoms. The zero-order chi connectivity index (χ0) is 25.6. The molecule has 0 aromatic heterocycles. The molecule has 5 aromatic rings. The molecule has 1 heteroatoms. The first kappa shape index (κ1) is 23.1. The van der Waals surface area contributed by atoms with Gasteiger partial charge in [-0.3, -0.25) is 0 Å². The van der Waals surface area contributed by atoms with E-state index in [2.05, 4.69) is 135 Å². The lowest BCUT2D eigenvalue weighted by Crippen LogP contribution is -2.17. The van der Waals surface area contributed by atoms with Crippen LogP contribution in [0.3, 0.4) is 0 Å². The van der Waals surface area contributed by atoms with E-state index in [1.54, 1.807) is 0 Å². The van der Waals surface area contributed by atoms with Gasteiger partial charge < -0.3 is 4.90 Å². The van der Waals surface area contributed by atoms with Crippen LogP contribution in [0.5, 0.6) is 0 Å². The summed E-state index contributed by atoms with van der Waals surface area (Å²) in [6.07, 6.45) is 8.21. The molecule has 1 aliphatic carbocycles. The largest absolute Gasteiger partial charge is 0.310 e. The summed E-state index contributed by atoms with van der Waals surface area (Å²) >= 11 is 0. The number of hydrogen-bond acceptors (Lipinski definition) is 1. The van der Waals surface area contributed by atoms with E-state index in [9.17, 15) is 0 Å². The third-order valence-corrected chi connectivity index (χ3v) is 7.68. The van der Waals surface area contributed by atoms with Gasteiger partial charge in [0.2, 0.25) is 0 Å². The van der Waals surface area contributed by atoms with Gasteiger partial charge in [0.1, 0.15) is 0 Å². The molecule has 0 heterocycles. The molecule has 0 aliphatic heterocycles. The first-order valence-corrected chi connectivity index (χ1v) is 12.9. The zero-order valence-electron chi connectivity index (χ0n) is 21.7. The average Bonchev–Trinajstić information content (AvgIpc) is 3.15. The van der Waals surface area contributed by atoms with Crippen LogP contribution in [0.1, 0.15) is 31.9 Å². The van der Waals surface area contributed by atoms with Gasteiger partial charge >= 0.3 is 0 Å². The van der Waals surface area contributed by atoms with Crippen molar-refractivity contribution in [2.75, 3.05) is 4.90 Å². The Morgan fingerprint density at radius 3 is 2.30 bits per heavy atom. The molecule has 0 amide bonds. The molecule has 0 spiro atoms. The molecular weight excluding hydrogens is 446 g/mol. The highest BCUT2D eigenvalue weighted by Crippen LogP contribution is 2.54. The van der Waals surface area contributed by atoms with Gasteiger partial charge in [0.05, 0.1) is 5.69 Å². The summed E-state index contributed by atoms with van der Waals surface area (Å²) in [5.74, 6) is 0. The van der Waals surface area contributed by atoms with Crippen LogP contribution in [0.2, 0.25) is 0 Å². The van der Waals surface area contributed by atoms with Gasteiger partial charge in [-0.2, -0.15) is 0 Å². The summed E-state index contributed by atoms with van der Waals surface area (Å²) in [6, 6.07) is 35.3. The normalized spacial score (nSPS) is 13.9. The molecule has 1 nitrogen and oxygen atoms in total. The molecular formula is C36H31N. The smallest absolute Gasteiger partial charge is 0.0542 e. The quantitative estimate of drug-likeness (QED) is 0.180. The highest BCUT2D eigenvalue weighted by molar-refractivity contribution is 6.10. The van der Waals surface area contributed by atoms with Crippen LogP contribution < -0.4 is 4.90 Å². The van der Waals surface area contributed by atoms with Gasteiger partial charge in [0.15, 0.2) is 0 Å². The SMILES string of the molecule is C=C(/C=C\C=C/C)N(c1ccccc1)c1cccc2c1-c1cc3ccc4ccccc4c3cc1C2(C)C. The highest BCUT2D eigenvalue weighted by atomic mass is 15.1. The lowest BCUT2D eigenvalue weighted by atomic mass is 9.81. The number of nitrogens with zero attached hydrogens (tertiary/aromatic N) is 1. The van der Waals surface area contributed by atoms with Gasteiger partial charge in [0.25, 0.3) is 0 Å². The fourth-order valence-corrected chi connectivity index (χ4v) is 5.84. The Kier molecular flexibility index (Phi) is 5.57. The number of para-hydroxylation sites is 1. The molecule has 0 atom stereocenters. The number of anilines is 2. The minimum absolute atomic E-state index is 0.115. The van der Waals surface area contributed by atoms with E-state index in [0.717, 1.165) is 17.1 Å². The summed E-state index contributed by atoms with van der Waals surface area (Å²) in [5, 5.41) is 5.18. The van der Waals surface area contributed by atoms with Crippen molar-refractivity contribution in [1.82, 2.24) is 0 Å². The maximum absolute atomic E-state index is 4.49. The van der Waals surface area contributed by atoms with Crippen LogP contribution in [-0.2, 0) is 5.41 Å². The second-order valence-electron chi connectivity index (χ2n) is 10.3. The van der Waals surface area contributed by atoms with Crippen LogP contribution in [0, 0.1) is 0 Å². The third kappa shape index (κ3) is 3.70. The molecule has 0 radical (unpaired) electrons. The third-order valence-electron chi connectivity index (χ3n) is 7.68. The minimum atomic E-state index is -0.115. The Bertz CT molecular complexity index is 1720. The molecule has 0 N–H and O–H groups in total. The summed E-state index contributed by atoms with van der Waals surface area (Å²) in [6.45, 7) is 11.2. The van der Waals surface area contributed by atoms with E-state index in [0.29, 0.717) is 0 Å². The van der Waals surface area contributed by atoms with Gasteiger partial charge in [-0.1, -0.05) is 105 Å². The van der Waals surface area contributed by atoms with E-state index in [4.69, 9.17) is 0 Å². The Morgan fingerprint density at radius 1 is 0.730 bits per heavy atom. The molecule has 0 unspecified atom stereocenters. The van der Waals surface area contributed by atoms with Gasteiger partial charge in [-0.25, -0.2) is 0 Å². The van der Waals surface area contributed by atoms with E-state index in [1.165, 1.54) is 43.8 Å². The number of fused-ring (bicyclic) bond motifs is 6.